The van der Waals surface area contributed by atoms with Gasteiger partial charge < -0.3 is 24.8 Å². The topological polar surface area (TPSA) is 106 Å². The molecule has 2 amide bonds. The molecule has 2 N–H and O–H groups in total. The summed E-state index contributed by atoms with van der Waals surface area (Å²) in [6, 6.07) is 11.7. The lowest BCUT2D eigenvalue weighted by Crippen LogP contribution is -2.41. The molecule has 0 bridgehead atoms. The SMILES string of the molecule is CCOC(=O)c1ccc(OCCCN2CCCNC(=O)c3cc(Cl)ccc3OCCNC(=O)C2)cc1. The Morgan fingerprint density at radius 3 is 2.69 bits per heavy atom. The van der Waals surface area contributed by atoms with Crippen molar-refractivity contribution in [3.63, 3.8) is 0 Å². The van der Waals surface area contributed by atoms with Crippen molar-refractivity contribution in [3.8, 4) is 11.5 Å². The van der Waals surface area contributed by atoms with Gasteiger partial charge in [-0.2, -0.15) is 0 Å². The van der Waals surface area contributed by atoms with Gasteiger partial charge in [-0.3, -0.25) is 14.5 Å². The minimum Gasteiger partial charge on any atom is -0.494 e. The van der Waals surface area contributed by atoms with Crippen molar-refractivity contribution < 1.29 is 28.6 Å². The van der Waals surface area contributed by atoms with E-state index in [1.807, 2.05) is 4.90 Å². The average molecular weight is 518 g/mol. The zero-order valence-corrected chi connectivity index (χ0v) is 21.1. The molecule has 1 aliphatic heterocycles. The van der Waals surface area contributed by atoms with Crippen LogP contribution in [0.5, 0.6) is 11.5 Å². The molecular weight excluding hydrogens is 486 g/mol. The molecule has 0 saturated heterocycles. The molecule has 0 aromatic heterocycles. The van der Waals surface area contributed by atoms with Crippen LogP contribution in [0.15, 0.2) is 42.5 Å². The van der Waals surface area contributed by atoms with Gasteiger partial charge in [-0.15, -0.1) is 0 Å². The zero-order valence-electron chi connectivity index (χ0n) is 20.4. The van der Waals surface area contributed by atoms with Crippen molar-refractivity contribution in [3.05, 3.63) is 58.6 Å². The molecule has 9 nitrogen and oxygen atoms in total. The second kappa shape index (κ2) is 14.3. The van der Waals surface area contributed by atoms with Crippen LogP contribution in [0.3, 0.4) is 0 Å². The molecule has 0 atom stereocenters. The maximum absolute atomic E-state index is 12.6. The maximum Gasteiger partial charge on any atom is 0.338 e. The van der Waals surface area contributed by atoms with Gasteiger partial charge in [0.25, 0.3) is 5.91 Å². The highest BCUT2D eigenvalue weighted by molar-refractivity contribution is 6.31. The minimum atomic E-state index is -0.361. The van der Waals surface area contributed by atoms with Crippen molar-refractivity contribution in [2.75, 3.05) is 52.5 Å². The van der Waals surface area contributed by atoms with Gasteiger partial charge in [-0.1, -0.05) is 11.6 Å². The van der Waals surface area contributed by atoms with Crippen LogP contribution >= 0.6 is 11.6 Å². The molecule has 10 heteroatoms. The number of rotatable bonds is 7. The first-order valence-corrected chi connectivity index (χ1v) is 12.4. The van der Waals surface area contributed by atoms with Gasteiger partial charge in [0.05, 0.1) is 37.4 Å². The van der Waals surface area contributed by atoms with Gasteiger partial charge in [0.15, 0.2) is 0 Å². The molecule has 0 radical (unpaired) electrons. The van der Waals surface area contributed by atoms with Crippen LogP contribution < -0.4 is 20.1 Å². The maximum atomic E-state index is 12.6. The quantitative estimate of drug-likeness (QED) is 0.429. The molecule has 194 valence electrons. The van der Waals surface area contributed by atoms with Gasteiger partial charge in [0.2, 0.25) is 5.91 Å². The number of halogens is 1. The Hall–Kier alpha value is -3.30. The standard InChI is InChI=1S/C26H32ClN3O6/c1-2-34-26(33)19-5-8-21(9-6-19)35-15-4-14-30-13-3-11-29-25(32)22-17-20(27)7-10-23(22)36-16-12-28-24(31)18-30/h5-10,17H,2-4,11-16,18H2,1H3,(H,28,31)(H,29,32). The fourth-order valence-corrected chi connectivity index (χ4v) is 3.84. The van der Waals surface area contributed by atoms with Crippen LogP contribution in [-0.4, -0.2) is 75.2 Å². The van der Waals surface area contributed by atoms with E-state index in [9.17, 15) is 14.4 Å². The molecule has 36 heavy (non-hydrogen) atoms. The normalized spacial score (nSPS) is 15.5. The third-order valence-corrected chi connectivity index (χ3v) is 5.66. The number of nitrogens with one attached hydrogen (secondary N) is 2. The van der Waals surface area contributed by atoms with E-state index in [0.717, 1.165) is 0 Å². The minimum absolute atomic E-state index is 0.0912. The van der Waals surface area contributed by atoms with E-state index in [0.29, 0.717) is 79.9 Å². The Bertz CT molecular complexity index is 1030. The third kappa shape index (κ3) is 8.73. The summed E-state index contributed by atoms with van der Waals surface area (Å²) in [5, 5.41) is 6.21. The van der Waals surface area contributed by atoms with Crippen LogP contribution in [0.2, 0.25) is 5.02 Å². The predicted octanol–water partition coefficient (Wildman–Crippen LogP) is 2.92. The molecule has 2 aromatic rings. The molecular formula is C26H32ClN3O6. The summed E-state index contributed by atoms with van der Waals surface area (Å²) in [7, 11) is 0. The van der Waals surface area contributed by atoms with E-state index in [-0.39, 0.29) is 30.9 Å². The van der Waals surface area contributed by atoms with Crippen LogP contribution in [0.25, 0.3) is 0 Å². The first-order chi connectivity index (χ1) is 17.5. The fraction of sp³-hybridized carbons (Fsp3) is 0.423. The van der Waals surface area contributed by atoms with E-state index in [4.69, 9.17) is 25.8 Å². The summed E-state index contributed by atoms with van der Waals surface area (Å²) < 4.78 is 16.5. The van der Waals surface area contributed by atoms with Crippen molar-refractivity contribution in [2.45, 2.75) is 19.8 Å². The smallest absolute Gasteiger partial charge is 0.338 e. The average Bonchev–Trinajstić information content (AvgIpc) is 2.87. The molecule has 0 aliphatic carbocycles. The number of carbonyl (C=O) groups excluding carboxylic acids is 3. The Labute approximate surface area is 216 Å². The van der Waals surface area contributed by atoms with E-state index < -0.39 is 0 Å². The molecule has 0 unspecified atom stereocenters. The van der Waals surface area contributed by atoms with E-state index in [1.54, 1.807) is 49.4 Å². The molecule has 2 aromatic carbocycles. The predicted molar refractivity (Wildman–Crippen MR) is 136 cm³/mol. The molecule has 3 rings (SSSR count). The third-order valence-electron chi connectivity index (χ3n) is 5.42. The molecule has 0 spiro atoms. The number of esters is 1. The summed E-state index contributed by atoms with van der Waals surface area (Å²) in [6.45, 7) is 5.09. The summed E-state index contributed by atoms with van der Waals surface area (Å²) >= 11 is 6.06. The summed E-state index contributed by atoms with van der Waals surface area (Å²) in [6.07, 6.45) is 1.38. The van der Waals surface area contributed by atoms with Gasteiger partial charge in [0.1, 0.15) is 18.1 Å². The number of benzene rings is 2. The fourth-order valence-electron chi connectivity index (χ4n) is 3.67. The number of nitrogens with zero attached hydrogens (tertiary/aromatic N) is 1. The Morgan fingerprint density at radius 2 is 1.92 bits per heavy atom. The van der Waals surface area contributed by atoms with Gasteiger partial charge in [-0.05, 0) is 62.2 Å². The molecule has 1 heterocycles. The van der Waals surface area contributed by atoms with Crippen molar-refractivity contribution >= 4 is 29.4 Å². The molecule has 0 saturated carbocycles. The summed E-state index contributed by atoms with van der Waals surface area (Å²) in [4.78, 5) is 38.8. The van der Waals surface area contributed by atoms with Crippen molar-refractivity contribution in [1.29, 1.82) is 0 Å². The Balaban J connectivity index is 1.49. The first kappa shape index (κ1) is 27.3. The van der Waals surface area contributed by atoms with Crippen LogP contribution in [0.4, 0.5) is 0 Å². The second-order valence-electron chi connectivity index (χ2n) is 8.17. The monoisotopic (exact) mass is 517 g/mol. The number of ether oxygens (including phenoxy) is 3. The molecule has 0 fully saturated rings. The lowest BCUT2D eigenvalue weighted by atomic mass is 10.2. The van der Waals surface area contributed by atoms with Gasteiger partial charge in [0, 0.05) is 24.7 Å². The first-order valence-electron chi connectivity index (χ1n) is 12.1. The van der Waals surface area contributed by atoms with Crippen LogP contribution in [-0.2, 0) is 9.53 Å². The zero-order chi connectivity index (χ0) is 25.8. The number of amides is 2. The Kier molecular flexibility index (Phi) is 10.8. The largest absolute Gasteiger partial charge is 0.494 e. The number of carbonyl (C=O) groups is 3. The summed E-state index contributed by atoms with van der Waals surface area (Å²) in [5.74, 6) is 0.388. The van der Waals surface area contributed by atoms with Crippen LogP contribution in [0, 0.1) is 0 Å². The van der Waals surface area contributed by atoms with E-state index in [1.165, 1.54) is 0 Å². The van der Waals surface area contributed by atoms with Gasteiger partial charge >= 0.3 is 5.97 Å². The van der Waals surface area contributed by atoms with E-state index in [2.05, 4.69) is 10.6 Å². The van der Waals surface area contributed by atoms with Crippen molar-refractivity contribution in [1.82, 2.24) is 15.5 Å². The van der Waals surface area contributed by atoms with Crippen LogP contribution in [0.1, 0.15) is 40.5 Å². The highest BCUT2D eigenvalue weighted by atomic mass is 35.5. The summed E-state index contributed by atoms with van der Waals surface area (Å²) in [5.41, 5.74) is 0.848. The number of hydrogen-bond donors (Lipinski definition) is 2. The highest BCUT2D eigenvalue weighted by Crippen LogP contribution is 2.23. The lowest BCUT2D eigenvalue weighted by Gasteiger charge is -2.22. The lowest BCUT2D eigenvalue weighted by molar-refractivity contribution is -0.122. The molecule has 1 aliphatic rings. The van der Waals surface area contributed by atoms with Crippen molar-refractivity contribution in [2.24, 2.45) is 0 Å². The number of fused-ring (bicyclic) bond motifs is 1. The van der Waals surface area contributed by atoms with Gasteiger partial charge in [-0.25, -0.2) is 4.79 Å². The second-order valence-corrected chi connectivity index (χ2v) is 8.61. The Morgan fingerprint density at radius 1 is 1.11 bits per heavy atom. The highest BCUT2D eigenvalue weighted by Gasteiger charge is 2.16. The number of hydrogen-bond acceptors (Lipinski definition) is 7. The van der Waals surface area contributed by atoms with E-state index >= 15 is 0 Å².